The highest BCUT2D eigenvalue weighted by atomic mass is 35.5. The first kappa shape index (κ1) is 21.7. The van der Waals surface area contributed by atoms with Crippen molar-refractivity contribution in [3.05, 3.63) is 64.7 Å². The molecule has 0 aliphatic rings. The lowest BCUT2D eigenvalue weighted by molar-refractivity contribution is -0.266. The number of carbonyl (C=O) groups is 2. The summed E-state index contributed by atoms with van der Waals surface area (Å²) >= 11 is 5.80. The van der Waals surface area contributed by atoms with Crippen LogP contribution in [0.15, 0.2) is 48.5 Å². The topological polar surface area (TPSA) is 66.8 Å². The molecule has 9 heteroatoms. The summed E-state index contributed by atoms with van der Waals surface area (Å²) in [6.45, 7) is 1.93. The van der Waals surface area contributed by atoms with Gasteiger partial charge in [-0.3, -0.25) is 4.79 Å². The molecule has 2 aromatic carbocycles. The van der Waals surface area contributed by atoms with E-state index in [2.05, 4.69) is 4.74 Å². The summed E-state index contributed by atoms with van der Waals surface area (Å²) in [4.78, 5) is 25.6. The number of hydrogen-bond donors (Lipinski definition) is 1. The van der Waals surface area contributed by atoms with Gasteiger partial charge in [-0.1, -0.05) is 23.7 Å². The fourth-order valence-electron chi connectivity index (χ4n) is 2.62. The van der Waals surface area contributed by atoms with E-state index in [-0.39, 0.29) is 12.5 Å². The van der Waals surface area contributed by atoms with E-state index < -0.39 is 23.3 Å². The Morgan fingerprint density at radius 3 is 2.04 bits per heavy atom. The lowest BCUT2D eigenvalue weighted by Crippen LogP contribution is -2.49. The van der Waals surface area contributed by atoms with Crippen molar-refractivity contribution in [3.63, 3.8) is 0 Å². The van der Waals surface area contributed by atoms with Gasteiger partial charge in [0.05, 0.1) is 7.11 Å². The summed E-state index contributed by atoms with van der Waals surface area (Å²) in [6.07, 6.45) is -5.29. The largest absolute Gasteiger partial charge is 0.466 e. The molecule has 0 aliphatic heterocycles. The van der Waals surface area contributed by atoms with Crippen LogP contribution < -0.4 is 4.90 Å². The van der Waals surface area contributed by atoms with Crippen molar-refractivity contribution < 1.29 is 32.6 Å². The Morgan fingerprint density at radius 2 is 1.61 bits per heavy atom. The van der Waals surface area contributed by atoms with Crippen LogP contribution in [0.2, 0.25) is 5.02 Å². The molecule has 0 heterocycles. The molecule has 0 saturated carbocycles. The number of methoxy groups -OCH3 is 1. The number of alkyl halides is 3. The molecule has 0 fully saturated rings. The zero-order valence-corrected chi connectivity index (χ0v) is 15.7. The van der Waals surface area contributed by atoms with E-state index in [0.717, 1.165) is 19.2 Å². The Kier molecular flexibility index (Phi) is 6.36. The molecule has 1 N–H and O–H groups in total. The summed E-state index contributed by atoms with van der Waals surface area (Å²) in [7, 11) is 0.747. The highest BCUT2D eigenvalue weighted by Gasteiger charge is 2.62. The molecule has 150 valence electrons. The maximum atomic E-state index is 13.3. The molecule has 0 radical (unpaired) electrons. The number of carbonyl (C=O) groups excluding carboxylic acids is 2. The predicted molar refractivity (Wildman–Crippen MR) is 97.2 cm³/mol. The number of ether oxygens (including phenoxy) is 1. The molecule has 0 unspecified atom stereocenters. The monoisotopic (exact) mass is 415 g/mol. The van der Waals surface area contributed by atoms with Gasteiger partial charge in [-0.25, -0.2) is 4.79 Å². The van der Waals surface area contributed by atoms with Gasteiger partial charge in [0, 0.05) is 28.4 Å². The third-order valence-corrected chi connectivity index (χ3v) is 4.39. The van der Waals surface area contributed by atoms with E-state index in [0.29, 0.717) is 16.3 Å². The lowest BCUT2D eigenvalue weighted by Gasteiger charge is -2.28. The minimum absolute atomic E-state index is 0.237. The van der Waals surface area contributed by atoms with Gasteiger partial charge in [0.1, 0.15) is 0 Å². The molecule has 0 aliphatic carbocycles. The standard InChI is InChI=1S/C19H17ClF3NO4/c1-3-24(16(25)12-4-8-14(20)9-5-12)15-10-6-13(7-11-15)18(27,17(26)28-2)19(21,22)23/h4-11,27H,3H2,1-2H3/t18-/m0/s1. The molecule has 1 atom stereocenters. The van der Waals surface area contributed by atoms with Gasteiger partial charge in [-0.2, -0.15) is 13.2 Å². The Hall–Kier alpha value is -2.58. The van der Waals surface area contributed by atoms with E-state index >= 15 is 0 Å². The zero-order valence-electron chi connectivity index (χ0n) is 15.0. The zero-order chi connectivity index (χ0) is 21.1. The molecule has 1 amide bonds. The van der Waals surface area contributed by atoms with Gasteiger partial charge in [0.15, 0.2) is 0 Å². The van der Waals surface area contributed by atoms with Gasteiger partial charge in [-0.15, -0.1) is 0 Å². The molecule has 2 aromatic rings. The number of rotatable bonds is 5. The summed E-state index contributed by atoms with van der Waals surface area (Å²) in [6, 6.07) is 10.4. The van der Waals surface area contributed by atoms with E-state index in [1.807, 2.05) is 0 Å². The van der Waals surface area contributed by atoms with Crippen LogP contribution in [-0.2, 0) is 15.1 Å². The molecule has 5 nitrogen and oxygen atoms in total. The second-order valence-corrected chi connectivity index (χ2v) is 6.24. The SMILES string of the molecule is CCN(C(=O)c1ccc(Cl)cc1)c1ccc([C@](O)(C(=O)OC)C(F)(F)F)cc1. The number of halogens is 4. The van der Waals surface area contributed by atoms with Gasteiger partial charge in [-0.05, 0) is 43.3 Å². The fraction of sp³-hybridized carbons (Fsp3) is 0.263. The van der Waals surface area contributed by atoms with Crippen molar-refractivity contribution in [1.82, 2.24) is 0 Å². The van der Waals surface area contributed by atoms with Gasteiger partial charge in [0.25, 0.3) is 11.5 Å². The summed E-state index contributed by atoms with van der Waals surface area (Å²) in [5, 5.41) is 10.5. The van der Waals surface area contributed by atoms with Crippen LogP contribution in [0.25, 0.3) is 0 Å². The van der Waals surface area contributed by atoms with Crippen LogP contribution in [0.5, 0.6) is 0 Å². The second-order valence-electron chi connectivity index (χ2n) is 5.80. The Labute approximate surface area is 164 Å². The third-order valence-electron chi connectivity index (χ3n) is 4.14. The molecule has 0 aromatic heterocycles. The van der Waals surface area contributed by atoms with Crippen LogP contribution in [0.3, 0.4) is 0 Å². The average molecular weight is 416 g/mol. The molecular weight excluding hydrogens is 399 g/mol. The molecule has 28 heavy (non-hydrogen) atoms. The van der Waals surface area contributed by atoms with E-state index in [9.17, 15) is 27.9 Å². The molecular formula is C19H17ClF3NO4. The first-order valence-corrected chi connectivity index (χ1v) is 8.49. The van der Waals surface area contributed by atoms with E-state index in [4.69, 9.17) is 11.6 Å². The van der Waals surface area contributed by atoms with Crippen molar-refractivity contribution in [2.45, 2.75) is 18.7 Å². The van der Waals surface area contributed by atoms with Crippen molar-refractivity contribution >= 4 is 29.2 Å². The summed E-state index contributed by atoms with van der Waals surface area (Å²) < 4.78 is 44.0. The van der Waals surface area contributed by atoms with Crippen molar-refractivity contribution in [2.24, 2.45) is 0 Å². The van der Waals surface area contributed by atoms with Crippen LogP contribution in [0, 0.1) is 0 Å². The van der Waals surface area contributed by atoms with Gasteiger partial charge >= 0.3 is 12.1 Å². The number of esters is 1. The summed E-state index contributed by atoms with van der Waals surface area (Å²) in [5.74, 6) is -2.23. The van der Waals surface area contributed by atoms with Crippen LogP contribution >= 0.6 is 11.6 Å². The minimum Gasteiger partial charge on any atom is -0.466 e. The Bertz CT molecular complexity index is 853. The van der Waals surface area contributed by atoms with Crippen LogP contribution in [0.4, 0.5) is 18.9 Å². The van der Waals surface area contributed by atoms with E-state index in [1.54, 1.807) is 19.1 Å². The van der Waals surface area contributed by atoms with Crippen molar-refractivity contribution in [3.8, 4) is 0 Å². The van der Waals surface area contributed by atoms with Gasteiger partial charge in [0.2, 0.25) is 0 Å². The molecule has 0 bridgehead atoms. The Morgan fingerprint density at radius 1 is 1.07 bits per heavy atom. The molecule has 2 rings (SSSR count). The van der Waals surface area contributed by atoms with Gasteiger partial charge < -0.3 is 14.7 Å². The van der Waals surface area contributed by atoms with Crippen LogP contribution in [-0.4, -0.2) is 36.8 Å². The number of hydrogen-bond acceptors (Lipinski definition) is 4. The molecule has 0 spiro atoms. The first-order chi connectivity index (χ1) is 13.1. The number of amides is 1. The normalized spacial score (nSPS) is 13.5. The number of aliphatic hydroxyl groups is 1. The second kappa shape index (κ2) is 8.20. The molecule has 0 saturated heterocycles. The highest BCUT2D eigenvalue weighted by Crippen LogP contribution is 2.40. The minimum atomic E-state index is -5.29. The predicted octanol–water partition coefficient (Wildman–Crippen LogP) is 3.93. The maximum absolute atomic E-state index is 13.3. The average Bonchev–Trinajstić information content (AvgIpc) is 2.67. The smallest absolute Gasteiger partial charge is 0.432 e. The summed E-state index contributed by atoms with van der Waals surface area (Å²) in [5.41, 5.74) is -3.89. The third kappa shape index (κ3) is 3.98. The number of anilines is 1. The fourth-order valence-corrected chi connectivity index (χ4v) is 2.75. The Balaban J connectivity index is 2.39. The van der Waals surface area contributed by atoms with Crippen LogP contribution in [0.1, 0.15) is 22.8 Å². The first-order valence-electron chi connectivity index (χ1n) is 8.11. The highest BCUT2D eigenvalue weighted by molar-refractivity contribution is 6.30. The number of benzene rings is 2. The maximum Gasteiger partial charge on any atom is 0.432 e. The van der Waals surface area contributed by atoms with E-state index in [1.165, 1.54) is 29.2 Å². The van der Waals surface area contributed by atoms with Crippen molar-refractivity contribution in [2.75, 3.05) is 18.6 Å². The number of nitrogens with zero attached hydrogens (tertiary/aromatic N) is 1. The lowest BCUT2D eigenvalue weighted by atomic mass is 9.93. The quantitative estimate of drug-likeness (QED) is 0.751. The van der Waals surface area contributed by atoms with Crippen molar-refractivity contribution in [1.29, 1.82) is 0 Å².